The average molecular weight is 249 g/mol. The molecule has 1 amide bonds. The Hall–Kier alpha value is -1.75. The highest BCUT2D eigenvalue weighted by molar-refractivity contribution is 5.98. The molecule has 5 nitrogen and oxygen atoms in total. The third kappa shape index (κ3) is 2.92. The number of likely N-dealkylation sites (N-methyl/N-ethyl adjacent to an activating group) is 1. The van der Waals surface area contributed by atoms with E-state index in [2.05, 4.69) is 22.9 Å². The lowest BCUT2D eigenvalue weighted by atomic mass is 10.2. The van der Waals surface area contributed by atoms with Crippen LogP contribution in [0.1, 0.15) is 13.8 Å². The van der Waals surface area contributed by atoms with Crippen molar-refractivity contribution in [1.29, 1.82) is 0 Å². The lowest BCUT2D eigenvalue weighted by Crippen LogP contribution is -2.34. The number of rotatable bonds is 5. The van der Waals surface area contributed by atoms with E-state index in [1.807, 2.05) is 18.2 Å². The molecule has 1 aliphatic rings. The van der Waals surface area contributed by atoms with Gasteiger partial charge in [0.2, 0.25) is 0 Å². The molecule has 0 bridgehead atoms. The molecule has 18 heavy (non-hydrogen) atoms. The Kier molecular flexibility index (Phi) is 4.04. The number of benzene rings is 1. The first-order valence-corrected chi connectivity index (χ1v) is 6.27. The highest BCUT2D eigenvalue weighted by Gasteiger charge is 2.23. The van der Waals surface area contributed by atoms with Crippen molar-refractivity contribution in [2.75, 3.05) is 30.3 Å². The van der Waals surface area contributed by atoms with Gasteiger partial charge in [0.1, 0.15) is 5.75 Å². The first kappa shape index (κ1) is 12.7. The van der Waals surface area contributed by atoms with Crippen molar-refractivity contribution >= 4 is 17.3 Å². The minimum Gasteiger partial charge on any atom is -0.479 e. The minimum atomic E-state index is -0.426. The highest BCUT2D eigenvalue weighted by atomic mass is 16.5. The second-order valence-electron chi connectivity index (χ2n) is 4.24. The first-order valence-electron chi connectivity index (χ1n) is 6.27. The predicted molar refractivity (Wildman–Crippen MR) is 72.2 cm³/mol. The Bertz CT molecular complexity index is 434. The third-order valence-corrected chi connectivity index (χ3v) is 2.79. The summed E-state index contributed by atoms with van der Waals surface area (Å²) in [6.07, 6.45) is -0.426. The van der Waals surface area contributed by atoms with Crippen molar-refractivity contribution in [3.05, 3.63) is 18.2 Å². The van der Waals surface area contributed by atoms with Gasteiger partial charge in [-0.3, -0.25) is 4.79 Å². The molecule has 1 atom stereocenters. The molecule has 0 saturated carbocycles. The standard InChI is InChI=1S/C13H19N3O2/c1-3-14-6-7-15-10-4-5-12-11(8-10)16-13(17)9(2)18-12/h4-5,8-9,14-15H,3,6-7H2,1-2H3,(H,16,17). The zero-order valence-electron chi connectivity index (χ0n) is 10.7. The van der Waals surface area contributed by atoms with Crippen LogP contribution < -0.4 is 20.7 Å². The summed E-state index contributed by atoms with van der Waals surface area (Å²) >= 11 is 0. The van der Waals surface area contributed by atoms with Crippen LogP contribution in [0.4, 0.5) is 11.4 Å². The number of nitrogens with one attached hydrogen (secondary N) is 3. The van der Waals surface area contributed by atoms with E-state index in [1.165, 1.54) is 0 Å². The molecule has 3 N–H and O–H groups in total. The van der Waals surface area contributed by atoms with Crippen LogP contribution >= 0.6 is 0 Å². The van der Waals surface area contributed by atoms with Crippen molar-refractivity contribution in [3.8, 4) is 5.75 Å². The molecule has 0 saturated heterocycles. The van der Waals surface area contributed by atoms with Crippen LogP contribution in [0, 0.1) is 0 Å². The third-order valence-electron chi connectivity index (χ3n) is 2.79. The van der Waals surface area contributed by atoms with Crippen LogP contribution in [0.15, 0.2) is 18.2 Å². The largest absolute Gasteiger partial charge is 0.479 e. The van der Waals surface area contributed by atoms with Gasteiger partial charge in [-0.05, 0) is 31.7 Å². The fourth-order valence-electron chi connectivity index (χ4n) is 1.79. The summed E-state index contributed by atoms with van der Waals surface area (Å²) in [6, 6.07) is 5.72. The number of carbonyl (C=O) groups is 1. The van der Waals surface area contributed by atoms with Gasteiger partial charge in [0.05, 0.1) is 5.69 Å². The van der Waals surface area contributed by atoms with Crippen molar-refractivity contribution in [3.63, 3.8) is 0 Å². The summed E-state index contributed by atoms with van der Waals surface area (Å²) in [6.45, 7) is 6.53. The Balaban J connectivity index is 1.99. The van der Waals surface area contributed by atoms with E-state index in [0.717, 1.165) is 36.8 Å². The lowest BCUT2D eigenvalue weighted by Gasteiger charge is -2.23. The first-order chi connectivity index (χ1) is 8.70. The molecule has 1 aromatic rings. The zero-order chi connectivity index (χ0) is 13.0. The summed E-state index contributed by atoms with van der Waals surface area (Å²) in [7, 11) is 0. The van der Waals surface area contributed by atoms with Gasteiger partial charge < -0.3 is 20.7 Å². The van der Waals surface area contributed by atoms with Crippen molar-refractivity contribution < 1.29 is 9.53 Å². The highest BCUT2D eigenvalue weighted by Crippen LogP contribution is 2.31. The maximum Gasteiger partial charge on any atom is 0.265 e. The maximum atomic E-state index is 11.5. The van der Waals surface area contributed by atoms with Crippen LogP contribution in [0.3, 0.4) is 0 Å². The Labute approximate surface area is 107 Å². The fraction of sp³-hybridized carbons (Fsp3) is 0.462. The topological polar surface area (TPSA) is 62.4 Å². The number of carbonyl (C=O) groups excluding carboxylic acids is 1. The fourth-order valence-corrected chi connectivity index (χ4v) is 1.79. The number of ether oxygens (including phenoxy) is 1. The van der Waals surface area contributed by atoms with Gasteiger partial charge in [0.25, 0.3) is 5.91 Å². The molecule has 5 heteroatoms. The molecule has 0 radical (unpaired) electrons. The van der Waals surface area contributed by atoms with Crippen molar-refractivity contribution in [2.45, 2.75) is 20.0 Å². The summed E-state index contributed by atoms with van der Waals surface area (Å²) < 4.78 is 5.49. The minimum absolute atomic E-state index is 0.104. The van der Waals surface area contributed by atoms with E-state index >= 15 is 0 Å². The molecule has 1 heterocycles. The molecule has 2 rings (SSSR count). The van der Waals surface area contributed by atoms with E-state index in [4.69, 9.17) is 4.74 Å². The normalized spacial score (nSPS) is 17.7. The van der Waals surface area contributed by atoms with Crippen molar-refractivity contribution in [2.24, 2.45) is 0 Å². The number of fused-ring (bicyclic) bond motifs is 1. The quantitative estimate of drug-likeness (QED) is 0.691. The maximum absolute atomic E-state index is 11.5. The molecule has 1 aromatic carbocycles. The number of hydrogen-bond acceptors (Lipinski definition) is 4. The van der Waals surface area contributed by atoms with Gasteiger partial charge in [-0.2, -0.15) is 0 Å². The van der Waals surface area contributed by atoms with E-state index in [-0.39, 0.29) is 5.91 Å². The summed E-state index contributed by atoms with van der Waals surface area (Å²) in [5, 5.41) is 9.36. The molecular weight excluding hydrogens is 230 g/mol. The summed E-state index contributed by atoms with van der Waals surface area (Å²) in [4.78, 5) is 11.5. The molecule has 0 fully saturated rings. The molecule has 0 aromatic heterocycles. The predicted octanol–water partition coefficient (Wildman–Crippen LogP) is 1.43. The van der Waals surface area contributed by atoms with E-state index in [1.54, 1.807) is 6.92 Å². The van der Waals surface area contributed by atoms with Gasteiger partial charge in [0, 0.05) is 18.8 Å². The van der Waals surface area contributed by atoms with E-state index < -0.39 is 6.10 Å². The molecular formula is C13H19N3O2. The summed E-state index contributed by atoms with van der Waals surface area (Å²) in [5.74, 6) is 0.617. The molecule has 1 aliphatic heterocycles. The Morgan fingerprint density at radius 3 is 3.00 bits per heavy atom. The van der Waals surface area contributed by atoms with E-state index in [0.29, 0.717) is 0 Å². The number of amides is 1. The van der Waals surface area contributed by atoms with Crippen LogP contribution in [0.5, 0.6) is 5.75 Å². The lowest BCUT2D eigenvalue weighted by molar-refractivity contribution is -0.122. The van der Waals surface area contributed by atoms with Gasteiger partial charge in [-0.25, -0.2) is 0 Å². The number of hydrogen-bond donors (Lipinski definition) is 3. The van der Waals surface area contributed by atoms with Gasteiger partial charge in [-0.15, -0.1) is 0 Å². The van der Waals surface area contributed by atoms with Gasteiger partial charge >= 0.3 is 0 Å². The smallest absolute Gasteiger partial charge is 0.265 e. The molecule has 98 valence electrons. The Morgan fingerprint density at radius 2 is 2.22 bits per heavy atom. The van der Waals surface area contributed by atoms with Crippen LogP contribution in [0.2, 0.25) is 0 Å². The average Bonchev–Trinajstić information content (AvgIpc) is 2.36. The van der Waals surface area contributed by atoms with Crippen molar-refractivity contribution in [1.82, 2.24) is 5.32 Å². The summed E-state index contributed by atoms with van der Waals surface area (Å²) in [5.41, 5.74) is 1.71. The second kappa shape index (κ2) is 5.73. The van der Waals surface area contributed by atoms with Crippen LogP contribution in [-0.2, 0) is 4.79 Å². The van der Waals surface area contributed by atoms with E-state index in [9.17, 15) is 4.79 Å². The molecule has 0 aliphatic carbocycles. The van der Waals surface area contributed by atoms with Gasteiger partial charge in [-0.1, -0.05) is 6.92 Å². The van der Waals surface area contributed by atoms with Crippen LogP contribution in [0.25, 0.3) is 0 Å². The Morgan fingerprint density at radius 1 is 1.39 bits per heavy atom. The van der Waals surface area contributed by atoms with Crippen LogP contribution in [-0.4, -0.2) is 31.6 Å². The molecule has 0 spiro atoms. The number of anilines is 2. The monoisotopic (exact) mass is 249 g/mol. The van der Waals surface area contributed by atoms with Gasteiger partial charge in [0.15, 0.2) is 6.10 Å². The zero-order valence-corrected chi connectivity index (χ0v) is 10.7. The second-order valence-corrected chi connectivity index (χ2v) is 4.24. The molecule has 1 unspecified atom stereocenters. The SMILES string of the molecule is CCNCCNc1ccc2c(c1)NC(=O)C(C)O2.